The zero-order valence-corrected chi connectivity index (χ0v) is 16.6. The number of hydrogen-bond donors (Lipinski definition) is 2. The molecule has 1 aromatic carbocycles. The van der Waals surface area contributed by atoms with Crippen LogP contribution in [0.15, 0.2) is 34.9 Å². The molecule has 0 bridgehead atoms. The van der Waals surface area contributed by atoms with Crippen LogP contribution in [0.3, 0.4) is 0 Å². The molecule has 0 aliphatic carbocycles. The van der Waals surface area contributed by atoms with Gasteiger partial charge in [-0.3, -0.25) is 9.59 Å². The van der Waals surface area contributed by atoms with Crippen molar-refractivity contribution in [3.05, 3.63) is 52.9 Å². The van der Waals surface area contributed by atoms with Gasteiger partial charge < -0.3 is 30.1 Å². The van der Waals surface area contributed by atoms with E-state index in [4.69, 9.17) is 30.1 Å². The van der Waals surface area contributed by atoms with Crippen molar-refractivity contribution in [1.29, 1.82) is 0 Å². The van der Waals surface area contributed by atoms with E-state index in [0.717, 1.165) is 0 Å². The van der Waals surface area contributed by atoms with Crippen LogP contribution < -0.4 is 20.9 Å². The van der Waals surface area contributed by atoms with E-state index in [1.807, 2.05) is 6.07 Å². The fourth-order valence-electron chi connectivity index (χ4n) is 3.77. The van der Waals surface area contributed by atoms with Gasteiger partial charge in [0.05, 0.1) is 31.5 Å². The molecule has 3 heterocycles. The minimum absolute atomic E-state index is 0.0659. The van der Waals surface area contributed by atoms with Gasteiger partial charge in [-0.05, 0) is 31.2 Å². The molecule has 1 aliphatic heterocycles. The van der Waals surface area contributed by atoms with E-state index in [1.54, 1.807) is 31.3 Å². The second-order valence-corrected chi connectivity index (χ2v) is 7.11. The lowest BCUT2D eigenvalue weighted by atomic mass is 9.75. The zero-order chi connectivity index (χ0) is 21.5. The molecule has 1 saturated heterocycles. The Balaban J connectivity index is 1.89. The van der Waals surface area contributed by atoms with Crippen molar-refractivity contribution in [1.82, 2.24) is 4.98 Å². The number of fused-ring (bicyclic) bond motifs is 1. The molecule has 3 aromatic rings. The SMILES string of the molecule is COc1ncccc1COc1ccc2oc(C)c(C(N)=O)c2c1C1(C(N)=O)COC1. The molecule has 9 heteroatoms. The number of carbonyl (C=O) groups excluding carboxylic acids is 2. The Hall–Kier alpha value is -3.59. The molecule has 4 N–H and O–H groups in total. The molecule has 156 valence electrons. The van der Waals surface area contributed by atoms with Crippen molar-refractivity contribution >= 4 is 22.8 Å². The maximum atomic E-state index is 12.5. The number of pyridine rings is 1. The van der Waals surface area contributed by atoms with E-state index in [-0.39, 0.29) is 25.4 Å². The molecule has 9 nitrogen and oxygen atoms in total. The minimum atomic E-state index is -1.16. The average molecular weight is 411 g/mol. The Morgan fingerprint density at radius 3 is 2.60 bits per heavy atom. The first-order valence-corrected chi connectivity index (χ1v) is 9.23. The third-order valence-corrected chi connectivity index (χ3v) is 5.31. The normalized spacial score (nSPS) is 14.9. The maximum Gasteiger partial charge on any atom is 0.252 e. The van der Waals surface area contributed by atoms with Crippen LogP contribution in [0.1, 0.15) is 27.2 Å². The van der Waals surface area contributed by atoms with E-state index in [9.17, 15) is 9.59 Å². The van der Waals surface area contributed by atoms with Crippen LogP contribution in [0.25, 0.3) is 11.0 Å². The number of primary amides is 2. The van der Waals surface area contributed by atoms with Crippen molar-refractivity contribution in [3.8, 4) is 11.6 Å². The molecular weight excluding hydrogens is 390 g/mol. The number of aromatic nitrogens is 1. The predicted octanol–water partition coefficient (Wildman–Crippen LogP) is 1.58. The van der Waals surface area contributed by atoms with E-state index in [2.05, 4.69) is 4.98 Å². The summed E-state index contributed by atoms with van der Waals surface area (Å²) in [4.78, 5) is 28.8. The van der Waals surface area contributed by atoms with E-state index >= 15 is 0 Å². The molecule has 0 spiro atoms. The Bertz CT molecular complexity index is 1150. The summed E-state index contributed by atoms with van der Waals surface area (Å²) in [7, 11) is 1.52. The second-order valence-electron chi connectivity index (χ2n) is 7.11. The maximum absolute atomic E-state index is 12.5. The van der Waals surface area contributed by atoms with Gasteiger partial charge in [-0.2, -0.15) is 0 Å². The molecule has 0 unspecified atom stereocenters. The molecule has 2 aromatic heterocycles. The number of aryl methyl sites for hydroxylation is 1. The summed E-state index contributed by atoms with van der Waals surface area (Å²) < 4.78 is 22.4. The quantitative estimate of drug-likeness (QED) is 0.601. The Morgan fingerprint density at radius 1 is 1.23 bits per heavy atom. The van der Waals surface area contributed by atoms with Crippen LogP contribution in [0.2, 0.25) is 0 Å². The molecular formula is C21H21N3O6. The minimum Gasteiger partial charge on any atom is -0.488 e. The highest BCUT2D eigenvalue weighted by Crippen LogP contribution is 2.45. The number of nitrogens with two attached hydrogens (primary N) is 2. The van der Waals surface area contributed by atoms with Crippen molar-refractivity contribution in [3.63, 3.8) is 0 Å². The number of ether oxygens (including phenoxy) is 3. The number of nitrogens with zero attached hydrogens (tertiary/aromatic N) is 1. The third-order valence-electron chi connectivity index (χ3n) is 5.31. The Labute approximate surface area is 171 Å². The van der Waals surface area contributed by atoms with Crippen LogP contribution in [0.5, 0.6) is 11.6 Å². The van der Waals surface area contributed by atoms with Gasteiger partial charge >= 0.3 is 0 Å². The van der Waals surface area contributed by atoms with Crippen LogP contribution in [-0.4, -0.2) is 37.1 Å². The lowest BCUT2D eigenvalue weighted by Crippen LogP contribution is -2.56. The molecule has 2 amide bonds. The van der Waals surface area contributed by atoms with Gasteiger partial charge in [0.1, 0.15) is 29.1 Å². The Kier molecular flexibility index (Phi) is 4.83. The van der Waals surface area contributed by atoms with Crippen molar-refractivity contribution in [2.24, 2.45) is 11.5 Å². The molecule has 0 saturated carbocycles. The number of carbonyl (C=O) groups is 2. The summed E-state index contributed by atoms with van der Waals surface area (Å²) in [5.41, 5.74) is 12.0. The highest BCUT2D eigenvalue weighted by Gasteiger charge is 2.50. The highest BCUT2D eigenvalue weighted by atomic mass is 16.5. The van der Waals surface area contributed by atoms with Gasteiger partial charge in [-0.15, -0.1) is 0 Å². The van der Waals surface area contributed by atoms with Gasteiger partial charge in [0.2, 0.25) is 11.8 Å². The highest BCUT2D eigenvalue weighted by molar-refractivity contribution is 6.10. The monoisotopic (exact) mass is 411 g/mol. The largest absolute Gasteiger partial charge is 0.488 e. The van der Waals surface area contributed by atoms with Crippen LogP contribution in [0, 0.1) is 6.92 Å². The second kappa shape index (κ2) is 7.34. The fourth-order valence-corrected chi connectivity index (χ4v) is 3.77. The van der Waals surface area contributed by atoms with Gasteiger partial charge in [0.15, 0.2) is 0 Å². The molecule has 0 atom stereocenters. The van der Waals surface area contributed by atoms with Gasteiger partial charge in [-0.25, -0.2) is 4.98 Å². The molecule has 1 fully saturated rings. The van der Waals surface area contributed by atoms with Gasteiger partial charge in [0, 0.05) is 17.1 Å². The number of amides is 2. The van der Waals surface area contributed by atoms with Crippen molar-refractivity contribution in [2.75, 3.05) is 20.3 Å². The summed E-state index contributed by atoms with van der Waals surface area (Å²) in [6.07, 6.45) is 1.61. The summed E-state index contributed by atoms with van der Waals surface area (Å²) in [5.74, 6) is -0.102. The molecule has 4 rings (SSSR count). The zero-order valence-electron chi connectivity index (χ0n) is 16.6. The summed E-state index contributed by atoms with van der Waals surface area (Å²) >= 11 is 0. The third kappa shape index (κ3) is 2.94. The standard InChI is InChI=1S/C21H21N3O6/c1-11-15(18(22)25)16-13(30-11)5-6-14(17(16)21(20(23)26)9-28-10-21)29-8-12-4-3-7-24-19(12)27-2/h3-7H,8-10H2,1-2H3,(H2,22,25)(H2,23,26). The van der Waals surface area contributed by atoms with Crippen molar-refractivity contribution < 1.29 is 28.2 Å². The smallest absolute Gasteiger partial charge is 0.252 e. The van der Waals surface area contributed by atoms with Gasteiger partial charge in [0.25, 0.3) is 5.91 Å². The first kappa shape index (κ1) is 19.7. The molecule has 0 radical (unpaired) electrons. The Morgan fingerprint density at radius 2 is 2.00 bits per heavy atom. The average Bonchev–Trinajstić information content (AvgIpc) is 3.02. The predicted molar refractivity (Wildman–Crippen MR) is 106 cm³/mol. The van der Waals surface area contributed by atoms with E-state index in [1.165, 1.54) is 7.11 Å². The topological polar surface area (TPSA) is 140 Å². The fraction of sp³-hybridized carbons (Fsp3) is 0.286. The van der Waals surface area contributed by atoms with E-state index in [0.29, 0.717) is 39.5 Å². The molecule has 1 aliphatic rings. The first-order valence-electron chi connectivity index (χ1n) is 9.23. The number of methoxy groups -OCH3 is 1. The van der Waals surface area contributed by atoms with E-state index < -0.39 is 17.2 Å². The lowest BCUT2D eigenvalue weighted by molar-refractivity contribution is -0.141. The number of furan rings is 1. The van der Waals surface area contributed by atoms with Gasteiger partial charge in [-0.1, -0.05) is 0 Å². The first-order chi connectivity index (χ1) is 14.4. The van der Waals surface area contributed by atoms with Crippen LogP contribution in [0.4, 0.5) is 0 Å². The lowest BCUT2D eigenvalue weighted by Gasteiger charge is -2.40. The number of hydrogen-bond acceptors (Lipinski definition) is 7. The number of benzene rings is 1. The van der Waals surface area contributed by atoms with Crippen LogP contribution in [-0.2, 0) is 21.6 Å². The van der Waals surface area contributed by atoms with Crippen molar-refractivity contribution in [2.45, 2.75) is 18.9 Å². The summed E-state index contributed by atoms with van der Waals surface area (Å²) in [6, 6.07) is 6.93. The molecule has 30 heavy (non-hydrogen) atoms. The van der Waals surface area contributed by atoms with Crippen LogP contribution >= 0.6 is 0 Å². The summed E-state index contributed by atoms with van der Waals surface area (Å²) in [5, 5.41) is 0.415. The summed E-state index contributed by atoms with van der Waals surface area (Å²) in [6.45, 7) is 1.89. The number of rotatable bonds is 7.